The van der Waals surface area contributed by atoms with Crippen LogP contribution in [0.15, 0.2) is 77.7 Å². The van der Waals surface area contributed by atoms with Gasteiger partial charge in [0.05, 0.1) is 31.3 Å². The predicted molar refractivity (Wildman–Crippen MR) is 124 cm³/mol. The quantitative estimate of drug-likeness (QED) is 0.447. The normalized spacial score (nSPS) is 11.4. The summed E-state index contributed by atoms with van der Waals surface area (Å²) in [5.74, 6) is 1.11. The summed E-state index contributed by atoms with van der Waals surface area (Å²) in [4.78, 5) is -0.0347. The molecule has 3 aromatic carbocycles. The van der Waals surface area contributed by atoms with E-state index in [1.54, 1.807) is 61.4 Å². The van der Waals surface area contributed by atoms with Gasteiger partial charge in [0.15, 0.2) is 11.5 Å². The van der Waals surface area contributed by atoms with Crippen LogP contribution in [0.3, 0.4) is 0 Å². The number of ether oxygens (including phenoxy) is 2. The van der Waals surface area contributed by atoms with Crippen LogP contribution in [0.4, 0.5) is 0 Å². The first-order chi connectivity index (χ1) is 15.3. The molecule has 164 valence electrons. The van der Waals surface area contributed by atoms with Gasteiger partial charge in [-0.25, -0.2) is 18.2 Å². The Bertz CT molecular complexity index is 1380. The van der Waals surface area contributed by atoms with E-state index >= 15 is 0 Å². The van der Waals surface area contributed by atoms with E-state index in [-0.39, 0.29) is 4.90 Å². The van der Waals surface area contributed by atoms with Gasteiger partial charge >= 0.3 is 0 Å². The number of nitrogens with zero attached hydrogens (tertiary/aromatic N) is 2. The molecule has 2 N–H and O–H groups in total. The maximum atomic E-state index is 12.3. The van der Waals surface area contributed by atoms with Gasteiger partial charge in [0.1, 0.15) is 4.90 Å². The topological polar surface area (TPSA) is 96.4 Å². The van der Waals surface area contributed by atoms with Gasteiger partial charge in [-0.3, -0.25) is 0 Å². The monoisotopic (exact) mass is 469 g/mol. The van der Waals surface area contributed by atoms with Crippen LogP contribution in [-0.4, -0.2) is 32.4 Å². The fraction of sp³-hybridized carbons (Fsp3) is 0.0870. The molecule has 0 aliphatic carbocycles. The van der Waals surface area contributed by atoms with Crippen molar-refractivity contribution < 1.29 is 17.9 Å². The van der Waals surface area contributed by atoms with E-state index < -0.39 is 10.0 Å². The highest BCUT2D eigenvalue weighted by atomic mass is 35.5. The van der Waals surface area contributed by atoms with Gasteiger partial charge in [0.2, 0.25) is 10.0 Å². The highest BCUT2D eigenvalue weighted by Gasteiger charge is 2.21. The van der Waals surface area contributed by atoms with Gasteiger partial charge in [-0.1, -0.05) is 35.9 Å². The lowest BCUT2D eigenvalue weighted by atomic mass is 10.1. The second kappa shape index (κ2) is 8.66. The first kappa shape index (κ1) is 21.9. The highest BCUT2D eigenvalue weighted by molar-refractivity contribution is 7.89. The second-order valence-corrected chi connectivity index (χ2v) is 8.88. The SMILES string of the molecule is COc1ccc(-c2cc(-c3ccc(Cl)cc3)nn2-c2ccccc2S(N)(=O)=O)cc1OC. The van der Waals surface area contributed by atoms with Crippen molar-refractivity contribution in [1.29, 1.82) is 0 Å². The first-order valence-electron chi connectivity index (χ1n) is 9.52. The molecule has 0 radical (unpaired) electrons. The third-order valence-electron chi connectivity index (χ3n) is 4.93. The van der Waals surface area contributed by atoms with Crippen LogP contribution in [0, 0.1) is 0 Å². The largest absolute Gasteiger partial charge is 0.493 e. The molecule has 0 aliphatic heterocycles. The minimum Gasteiger partial charge on any atom is -0.493 e. The Morgan fingerprint density at radius 1 is 0.875 bits per heavy atom. The number of benzene rings is 3. The maximum Gasteiger partial charge on any atom is 0.240 e. The lowest BCUT2D eigenvalue weighted by Gasteiger charge is -2.13. The van der Waals surface area contributed by atoms with Crippen LogP contribution in [0.5, 0.6) is 11.5 Å². The molecule has 0 unspecified atom stereocenters. The number of rotatable bonds is 6. The number of methoxy groups -OCH3 is 2. The molecule has 4 rings (SSSR count). The van der Waals surface area contributed by atoms with Crippen LogP contribution in [0.1, 0.15) is 0 Å². The van der Waals surface area contributed by atoms with E-state index in [0.717, 1.165) is 11.1 Å². The first-order valence-corrected chi connectivity index (χ1v) is 11.4. The van der Waals surface area contributed by atoms with Crippen molar-refractivity contribution in [1.82, 2.24) is 9.78 Å². The Hall–Kier alpha value is -3.33. The van der Waals surface area contributed by atoms with E-state index in [9.17, 15) is 8.42 Å². The molecule has 0 saturated heterocycles. The molecule has 0 spiro atoms. The van der Waals surface area contributed by atoms with Crippen molar-refractivity contribution in [2.75, 3.05) is 14.2 Å². The zero-order valence-electron chi connectivity index (χ0n) is 17.3. The van der Waals surface area contributed by atoms with Crippen molar-refractivity contribution in [2.24, 2.45) is 5.14 Å². The Morgan fingerprint density at radius 3 is 2.19 bits per heavy atom. The van der Waals surface area contributed by atoms with Gasteiger partial charge in [-0.15, -0.1) is 0 Å². The van der Waals surface area contributed by atoms with E-state index in [0.29, 0.717) is 33.6 Å². The van der Waals surface area contributed by atoms with E-state index in [4.69, 9.17) is 31.3 Å². The van der Waals surface area contributed by atoms with Crippen LogP contribution in [0.2, 0.25) is 5.02 Å². The van der Waals surface area contributed by atoms with E-state index in [2.05, 4.69) is 0 Å². The van der Waals surface area contributed by atoms with Crippen molar-refractivity contribution in [2.45, 2.75) is 4.90 Å². The molecule has 0 aliphatic rings. The van der Waals surface area contributed by atoms with Crippen molar-refractivity contribution in [3.8, 4) is 39.7 Å². The molecule has 0 atom stereocenters. The van der Waals surface area contributed by atoms with Crippen LogP contribution < -0.4 is 14.6 Å². The van der Waals surface area contributed by atoms with Crippen LogP contribution >= 0.6 is 11.6 Å². The molecule has 0 bridgehead atoms. The summed E-state index contributed by atoms with van der Waals surface area (Å²) in [5, 5.41) is 10.8. The van der Waals surface area contributed by atoms with Crippen molar-refractivity contribution >= 4 is 21.6 Å². The fourth-order valence-electron chi connectivity index (χ4n) is 3.40. The second-order valence-electron chi connectivity index (χ2n) is 6.92. The standard InChI is InChI=1S/C23H20ClN3O4S/c1-30-21-12-9-16(13-22(21)31-2)20-14-18(15-7-10-17(24)11-8-15)26-27(20)19-5-3-4-6-23(19)32(25,28)29/h3-14H,1-2H3,(H2,25,28,29). The summed E-state index contributed by atoms with van der Waals surface area (Å²) >= 11 is 6.03. The molecular weight excluding hydrogens is 450 g/mol. The summed E-state index contributed by atoms with van der Waals surface area (Å²) < 4.78 is 36.9. The number of nitrogens with two attached hydrogens (primary N) is 1. The Morgan fingerprint density at radius 2 is 1.53 bits per heavy atom. The van der Waals surface area contributed by atoms with Crippen molar-refractivity contribution in [3.05, 3.63) is 77.8 Å². The smallest absolute Gasteiger partial charge is 0.240 e. The summed E-state index contributed by atoms with van der Waals surface area (Å²) in [6.07, 6.45) is 0. The lowest BCUT2D eigenvalue weighted by molar-refractivity contribution is 0.355. The number of hydrogen-bond donors (Lipinski definition) is 1. The van der Waals surface area contributed by atoms with Gasteiger partial charge in [0.25, 0.3) is 0 Å². The zero-order valence-corrected chi connectivity index (χ0v) is 18.9. The summed E-state index contributed by atoms with van der Waals surface area (Å²) in [7, 11) is -0.880. The molecule has 9 heteroatoms. The average Bonchev–Trinajstić information content (AvgIpc) is 3.24. The van der Waals surface area contributed by atoms with E-state index in [1.807, 2.05) is 24.3 Å². The highest BCUT2D eigenvalue weighted by Crippen LogP contribution is 2.36. The van der Waals surface area contributed by atoms with Crippen LogP contribution in [-0.2, 0) is 10.0 Å². The number of primary sulfonamides is 1. The van der Waals surface area contributed by atoms with Gasteiger partial charge < -0.3 is 9.47 Å². The molecule has 7 nitrogen and oxygen atoms in total. The third-order valence-corrected chi connectivity index (χ3v) is 6.14. The molecule has 0 saturated carbocycles. The molecular formula is C23H20ClN3O4S. The maximum absolute atomic E-state index is 12.3. The summed E-state index contributed by atoms with van der Waals surface area (Å²) in [6, 6.07) is 21.0. The molecule has 1 heterocycles. The van der Waals surface area contributed by atoms with Crippen LogP contribution in [0.25, 0.3) is 28.2 Å². The van der Waals surface area contributed by atoms with Gasteiger partial charge in [-0.2, -0.15) is 5.10 Å². The lowest BCUT2D eigenvalue weighted by Crippen LogP contribution is -2.16. The minimum atomic E-state index is -3.99. The third kappa shape index (κ3) is 4.20. The number of aromatic nitrogens is 2. The van der Waals surface area contributed by atoms with E-state index in [1.165, 1.54) is 6.07 Å². The molecule has 32 heavy (non-hydrogen) atoms. The minimum absolute atomic E-state index is 0.0347. The van der Waals surface area contributed by atoms with Gasteiger partial charge in [0, 0.05) is 16.1 Å². The average molecular weight is 470 g/mol. The van der Waals surface area contributed by atoms with Gasteiger partial charge in [-0.05, 0) is 48.5 Å². The molecule has 0 amide bonds. The number of para-hydroxylation sites is 1. The Kier molecular flexibility index (Phi) is 5.92. The number of hydrogen-bond acceptors (Lipinski definition) is 5. The Balaban J connectivity index is 1.99. The molecule has 0 fully saturated rings. The van der Waals surface area contributed by atoms with Crippen molar-refractivity contribution in [3.63, 3.8) is 0 Å². The molecule has 1 aromatic heterocycles. The fourth-order valence-corrected chi connectivity index (χ4v) is 4.24. The number of sulfonamides is 1. The zero-order chi connectivity index (χ0) is 22.9. The predicted octanol–water partition coefficient (Wildman–Crippen LogP) is 4.52. The summed E-state index contributed by atoms with van der Waals surface area (Å²) in [5.41, 5.74) is 3.19. The number of halogens is 1. The molecule has 4 aromatic rings. The Labute approximate surface area is 191 Å². The summed E-state index contributed by atoms with van der Waals surface area (Å²) in [6.45, 7) is 0.